The number of nitrogens with zero attached hydrogens (tertiary/aromatic N) is 2. The van der Waals surface area contributed by atoms with Gasteiger partial charge in [0, 0.05) is 43.3 Å². The number of aliphatic imine (C=N–C) groups is 1. The first-order chi connectivity index (χ1) is 11.1. The van der Waals surface area contributed by atoms with Crippen molar-refractivity contribution in [2.24, 2.45) is 10.9 Å². The van der Waals surface area contributed by atoms with Gasteiger partial charge in [-0.15, -0.1) is 0 Å². The van der Waals surface area contributed by atoms with E-state index in [1.807, 2.05) is 24.3 Å². The Morgan fingerprint density at radius 1 is 1.30 bits per heavy atom. The Hall–Kier alpha value is -1.56. The summed E-state index contributed by atoms with van der Waals surface area (Å²) in [5, 5.41) is 6.18. The van der Waals surface area contributed by atoms with E-state index in [9.17, 15) is 4.79 Å². The SMILES string of the molecule is CN=C(NCCC(=O)Nc1ccc(Br)cc1)N1CCC(C)CC1. The van der Waals surface area contributed by atoms with Crippen LogP contribution in [-0.4, -0.2) is 43.4 Å². The van der Waals surface area contributed by atoms with Crippen molar-refractivity contribution in [3.05, 3.63) is 28.7 Å². The van der Waals surface area contributed by atoms with E-state index in [-0.39, 0.29) is 5.91 Å². The van der Waals surface area contributed by atoms with Crippen LogP contribution in [-0.2, 0) is 4.79 Å². The molecule has 126 valence electrons. The maximum absolute atomic E-state index is 12.0. The summed E-state index contributed by atoms with van der Waals surface area (Å²) in [7, 11) is 1.79. The number of likely N-dealkylation sites (tertiary alicyclic amines) is 1. The van der Waals surface area contributed by atoms with E-state index in [2.05, 4.69) is 43.4 Å². The number of hydrogen-bond donors (Lipinski definition) is 2. The van der Waals surface area contributed by atoms with Gasteiger partial charge < -0.3 is 15.5 Å². The Morgan fingerprint density at radius 2 is 1.96 bits per heavy atom. The number of rotatable bonds is 4. The highest BCUT2D eigenvalue weighted by molar-refractivity contribution is 9.10. The summed E-state index contributed by atoms with van der Waals surface area (Å²) in [5.74, 6) is 1.69. The molecular formula is C17H25BrN4O. The first kappa shape index (κ1) is 17.8. The highest BCUT2D eigenvalue weighted by Crippen LogP contribution is 2.16. The first-order valence-electron chi connectivity index (χ1n) is 8.09. The highest BCUT2D eigenvalue weighted by Gasteiger charge is 2.18. The zero-order valence-corrected chi connectivity index (χ0v) is 15.4. The van der Waals surface area contributed by atoms with E-state index < -0.39 is 0 Å². The van der Waals surface area contributed by atoms with Gasteiger partial charge in [0.05, 0.1) is 0 Å². The zero-order chi connectivity index (χ0) is 16.7. The van der Waals surface area contributed by atoms with Gasteiger partial charge in [0.1, 0.15) is 0 Å². The fraction of sp³-hybridized carbons (Fsp3) is 0.529. The van der Waals surface area contributed by atoms with Crippen molar-refractivity contribution in [3.8, 4) is 0 Å². The normalized spacial score (nSPS) is 16.3. The molecule has 1 aliphatic heterocycles. The molecule has 0 unspecified atom stereocenters. The van der Waals surface area contributed by atoms with Crippen LogP contribution in [0.4, 0.5) is 5.69 Å². The summed E-state index contributed by atoms with van der Waals surface area (Å²) in [6.07, 6.45) is 2.81. The first-order valence-corrected chi connectivity index (χ1v) is 8.89. The molecule has 1 heterocycles. The minimum atomic E-state index is 0.00235. The second-order valence-electron chi connectivity index (χ2n) is 5.95. The summed E-state index contributed by atoms with van der Waals surface area (Å²) in [5.41, 5.74) is 0.813. The maximum atomic E-state index is 12.0. The van der Waals surface area contributed by atoms with Crippen LogP contribution >= 0.6 is 15.9 Å². The number of nitrogens with one attached hydrogen (secondary N) is 2. The Bertz CT molecular complexity index is 536. The molecule has 0 atom stereocenters. The lowest BCUT2D eigenvalue weighted by atomic mass is 10.00. The van der Waals surface area contributed by atoms with Gasteiger partial charge in [-0.05, 0) is 43.0 Å². The number of guanidine groups is 1. The summed E-state index contributed by atoms with van der Waals surface area (Å²) >= 11 is 3.38. The molecular weight excluding hydrogens is 356 g/mol. The van der Waals surface area contributed by atoms with Crippen LogP contribution in [0.3, 0.4) is 0 Å². The number of anilines is 1. The lowest BCUT2D eigenvalue weighted by molar-refractivity contribution is -0.116. The molecule has 6 heteroatoms. The van der Waals surface area contributed by atoms with Gasteiger partial charge in [0.15, 0.2) is 5.96 Å². The predicted octanol–water partition coefficient (Wildman–Crippen LogP) is 3.09. The quantitative estimate of drug-likeness (QED) is 0.623. The molecule has 23 heavy (non-hydrogen) atoms. The molecule has 1 aromatic rings. The molecule has 1 saturated heterocycles. The van der Waals surface area contributed by atoms with Crippen LogP contribution in [0.5, 0.6) is 0 Å². The molecule has 0 radical (unpaired) electrons. The zero-order valence-electron chi connectivity index (χ0n) is 13.8. The molecule has 1 amide bonds. The van der Waals surface area contributed by atoms with Crippen molar-refractivity contribution in [1.82, 2.24) is 10.2 Å². The Balaban J connectivity index is 1.72. The smallest absolute Gasteiger partial charge is 0.226 e. The number of benzene rings is 1. The Labute approximate surface area is 146 Å². The average Bonchev–Trinajstić information content (AvgIpc) is 2.55. The van der Waals surface area contributed by atoms with Gasteiger partial charge >= 0.3 is 0 Å². The van der Waals surface area contributed by atoms with Crippen molar-refractivity contribution in [2.45, 2.75) is 26.2 Å². The van der Waals surface area contributed by atoms with Gasteiger partial charge in [-0.2, -0.15) is 0 Å². The summed E-state index contributed by atoms with van der Waals surface area (Å²) < 4.78 is 0.997. The third kappa shape index (κ3) is 5.86. The van der Waals surface area contributed by atoms with Crippen LogP contribution in [0.25, 0.3) is 0 Å². The van der Waals surface area contributed by atoms with E-state index in [0.29, 0.717) is 13.0 Å². The Morgan fingerprint density at radius 3 is 2.57 bits per heavy atom. The third-order valence-corrected chi connectivity index (χ3v) is 4.59. The van der Waals surface area contributed by atoms with Crippen LogP contribution in [0, 0.1) is 5.92 Å². The molecule has 0 aromatic heterocycles. The van der Waals surface area contributed by atoms with Crippen molar-refractivity contribution in [2.75, 3.05) is 32.0 Å². The molecule has 0 saturated carbocycles. The monoisotopic (exact) mass is 380 g/mol. The van der Waals surface area contributed by atoms with Crippen LogP contribution in [0.15, 0.2) is 33.7 Å². The van der Waals surface area contributed by atoms with E-state index >= 15 is 0 Å². The molecule has 5 nitrogen and oxygen atoms in total. The molecule has 0 bridgehead atoms. The van der Waals surface area contributed by atoms with Crippen LogP contribution < -0.4 is 10.6 Å². The van der Waals surface area contributed by atoms with Gasteiger partial charge in [0.25, 0.3) is 0 Å². The van der Waals surface area contributed by atoms with Crippen molar-refractivity contribution >= 4 is 33.5 Å². The van der Waals surface area contributed by atoms with Crippen LogP contribution in [0.1, 0.15) is 26.2 Å². The standard InChI is InChI=1S/C17H25BrN4O/c1-13-8-11-22(12-9-13)17(19-2)20-10-7-16(23)21-15-5-3-14(18)4-6-15/h3-6,13H,7-12H2,1-2H3,(H,19,20)(H,21,23). The van der Waals surface area contributed by atoms with Gasteiger partial charge in [-0.1, -0.05) is 22.9 Å². The van der Waals surface area contributed by atoms with Gasteiger partial charge in [-0.3, -0.25) is 9.79 Å². The third-order valence-electron chi connectivity index (χ3n) is 4.06. The lowest BCUT2D eigenvalue weighted by Gasteiger charge is -2.32. The lowest BCUT2D eigenvalue weighted by Crippen LogP contribution is -2.45. The molecule has 1 aliphatic rings. The number of piperidine rings is 1. The summed E-state index contributed by atoms with van der Waals surface area (Å²) in [6.45, 7) is 4.94. The highest BCUT2D eigenvalue weighted by atomic mass is 79.9. The second kappa shape index (κ2) is 8.91. The number of hydrogen-bond acceptors (Lipinski definition) is 2. The second-order valence-corrected chi connectivity index (χ2v) is 6.86. The van der Waals surface area contributed by atoms with Crippen molar-refractivity contribution in [3.63, 3.8) is 0 Å². The Kier molecular flexibility index (Phi) is 6.89. The summed E-state index contributed by atoms with van der Waals surface area (Å²) in [6, 6.07) is 7.58. The minimum absolute atomic E-state index is 0.00235. The van der Waals surface area contributed by atoms with Gasteiger partial charge in [0.2, 0.25) is 5.91 Å². The molecule has 0 aliphatic carbocycles. The number of halogens is 1. The predicted molar refractivity (Wildman–Crippen MR) is 98.7 cm³/mol. The van der Waals surface area contributed by atoms with Crippen molar-refractivity contribution < 1.29 is 4.79 Å². The average molecular weight is 381 g/mol. The van der Waals surface area contributed by atoms with Gasteiger partial charge in [-0.25, -0.2) is 0 Å². The fourth-order valence-electron chi connectivity index (χ4n) is 2.60. The van der Waals surface area contributed by atoms with E-state index in [4.69, 9.17) is 0 Å². The fourth-order valence-corrected chi connectivity index (χ4v) is 2.86. The minimum Gasteiger partial charge on any atom is -0.356 e. The maximum Gasteiger partial charge on any atom is 0.226 e. The number of carbonyl (C=O) groups is 1. The largest absolute Gasteiger partial charge is 0.356 e. The van der Waals surface area contributed by atoms with E-state index in [1.165, 1.54) is 12.8 Å². The molecule has 1 aromatic carbocycles. The van der Waals surface area contributed by atoms with E-state index in [0.717, 1.165) is 35.1 Å². The van der Waals surface area contributed by atoms with Crippen molar-refractivity contribution in [1.29, 1.82) is 0 Å². The summed E-state index contributed by atoms with van der Waals surface area (Å²) in [4.78, 5) is 18.6. The number of carbonyl (C=O) groups excluding carboxylic acids is 1. The molecule has 0 spiro atoms. The van der Waals surface area contributed by atoms with Crippen LogP contribution in [0.2, 0.25) is 0 Å². The van der Waals surface area contributed by atoms with E-state index in [1.54, 1.807) is 7.05 Å². The number of amides is 1. The molecule has 2 N–H and O–H groups in total. The molecule has 1 fully saturated rings. The molecule has 2 rings (SSSR count). The topological polar surface area (TPSA) is 56.7 Å².